The second-order valence-electron chi connectivity index (χ2n) is 8.28. The summed E-state index contributed by atoms with van der Waals surface area (Å²) < 4.78 is 9.75. The smallest absolute Gasteiger partial charge is 0.408 e. The summed E-state index contributed by atoms with van der Waals surface area (Å²) in [5, 5.41) is 4.87. The van der Waals surface area contributed by atoms with E-state index in [4.69, 9.17) is 11.2 Å². The van der Waals surface area contributed by atoms with Crippen LogP contribution < -0.4 is 10.6 Å². The number of ether oxygens (including phenoxy) is 2. The maximum absolute atomic E-state index is 13.3. The molecule has 0 bridgehead atoms. The summed E-state index contributed by atoms with van der Waals surface area (Å²) in [6.07, 6.45) is 4.82. The highest BCUT2D eigenvalue weighted by Gasteiger charge is 2.36. The predicted molar refractivity (Wildman–Crippen MR) is 126 cm³/mol. The van der Waals surface area contributed by atoms with E-state index in [1.807, 2.05) is 13.0 Å². The van der Waals surface area contributed by atoms with Crippen LogP contribution in [0.3, 0.4) is 0 Å². The molecule has 0 aliphatic rings. The van der Waals surface area contributed by atoms with Crippen LogP contribution in [-0.4, -0.2) is 59.8 Å². The molecule has 0 saturated heterocycles. The Balaban J connectivity index is 3.33. The summed E-state index contributed by atoms with van der Waals surface area (Å²) >= 11 is 4.15. The minimum absolute atomic E-state index is 0.0976. The summed E-state index contributed by atoms with van der Waals surface area (Å²) in [6.45, 7) is 8.29. The van der Waals surface area contributed by atoms with Gasteiger partial charge in [-0.15, -0.1) is 0 Å². The van der Waals surface area contributed by atoms with Gasteiger partial charge in [0.05, 0.1) is 7.11 Å². The number of esters is 1. The number of terminal acetylenes is 1. The van der Waals surface area contributed by atoms with Gasteiger partial charge in [-0.05, 0) is 45.7 Å². The lowest BCUT2D eigenvalue weighted by molar-refractivity contribution is -0.142. The molecule has 1 rings (SSSR count). The average molecular weight is 478 g/mol. The van der Waals surface area contributed by atoms with Crippen molar-refractivity contribution in [3.8, 4) is 12.5 Å². The Morgan fingerprint density at radius 2 is 1.85 bits per heavy atom. The van der Waals surface area contributed by atoms with Gasteiger partial charge in [0.1, 0.15) is 24.2 Å². The zero-order valence-electron chi connectivity index (χ0n) is 19.7. The van der Waals surface area contributed by atoms with E-state index in [9.17, 15) is 19.2 Å². The fourth-order valence-electron chi connectivity index (χ4n) is 2.93. The molecule has 3 amide bonds. The molecule has 0 aliphatic carbocycles. The summed E-state index contributed by atoms with van der Waals surface area (Å²) in [5.41, 5.74) is 1.34. The highest BCUT2D eigenvalue weighted by Crippen LogP contribution is 2.26. The summed E-state index contributed by atoms with van der Waals surface area (Å²) in [7, 11) is 1.19. The summed E-state index contributed by atoms with van der Waals surface area (Å²) in [5.74, 6) is -2.19. The van der Waals surface area contributed by atoms with Crippen LogP contribution in [0.5, 0.6) is 0 Å². The lowest BCUT2D eigenvalue weighted by Crippen LogP contribution is -2.52. The maximum Gasteiger partial charge on any atom is 0.408 e. The number of alkyl carbamates (subject to hydrolysis) is 1. The molecule has 33 heavy (non-hydrogen) atoms. The zero-order valence-corrected chi connectivity index (χ0v) is 20.6. The van der Waals surface area contributed by atoms with E-state index in [1.165, 1.54) is 7.11 Å². The summed E-state index contributed by atoms with van der Waals surface area (Å²) in [4.78, 5) is 51.0. The minimum atomic E-state index is -1.27. The normalized spacial score (nSPS) is 12.5. The molecule has 180 valence electrons. The molecule has 0 aromatic heterocycles. The predicted octanol–water partition coefficient (Wildman–Crippen LogP) is 1.88. The third kappa shape index (κ3) is 8.35. The first-order valence-corrected chi connectivity index (χ1v) is 10.8. The first kappa shape index (κ1) is 27.8. The Morgan fingerprint density at radius 1 is 1.21 bits per heavy atom. The van der Waals surface area contributed by atoms with Crippen molar-refractivity contribution in [1.29, 1.82) is 0 Å². The number of methoxy groups -OCH3 is 1. The standard InChI is InChI=1S/C23H31N3O6S/c1-8-26(21(29)17(13-33)25-22(30)32-23(4,5)6)19(20(28)24-12-18(27)31-7)16-10-9-14(2)11-15(16)3/h1,9-11,17,19,33H,12-13H2,2-7H3,(H,24,28)(H,25,30). The van der Waals surface area contributed by atoms with Crippen molar-refractivity contribution in [3.05, 3.63) is 34.9 Å². The number of hydrogen-bond donors (Lipinski definition) is 3. The van der Waals surface area contributed by atoms with Gasteiger partial charge < -0.3 is 20.1 Å². The van der Waals surface area contributed by atoms with E-state index in [0.717, 1.165) is 10.5 Å². The number of carbonyl (C=O) groups excluding carboxylic acids is 4. The molecular weight excluding hydrogens is 446 g/mol. The largest absolute Gasteiger partial charge is 0.468 e. The summed E-state index contributed by atoms with van der Waals surface area (Å²) in [6, 6.07) is 5.10. The van der Waals surface area contributed by atoms with Gasteiger partial charge in [-0.25, -0.2) is 4.79 Å². The Morgan fingerprint density at radius 3 is 2.33 bits per heavy atom. The molecule has 2 atom stereocenters. The average Bonchev–Trinajstić information content (AvgIpc) is 2.72. The Hall–Kier alpha value is -3.19. The van der Waals surface area contributed by atoms with E-state index in [2.05, 4.69) is 34.0 Å². The molecule has 0 fully saturated rings. The van der Waals surface area contributed by atoms with Crippen molar-refractivity contribution in [1.82, 2.24) is 15.5 Å². The number of nitrogens with one attached hydrogen (secondary N) is 2. The maximum atomic E-state index is 13.3. The molecule has 2 N–H and O–H groups in total. The first-order valence-electron chi connectivity index (χ1n) is 10.2. The van der Waals surface area contributed by atoms with Crippen molar-refractivity contribution in [2.24, 2.45) is 0 Å². The van der Waals surface area contributed by atoms with Gasteiger partial charge in [-0.3, -0.25) is 19.3 Å². The highest BCUT2D eigenvalue weighted by atomic mass is 32.1. The van der Waals surface area contributed by atoms with E-state index >= 15 is 0 Å². The van der Waals surface area contributed by atoms with Gasteiger partial charge in [-0.1, -0.05) is 30.2 Å². The molecule has 0 radical (unpaired) electrons. The van der Waals surface area contributed by atoms with Crippen LogP contribution in [0.25, 0.3) is 0 Å². The first-order chi connectivity index (χ1) is 15.3. The third-order valence-corrected chi connectivity index (χ3v) is 4.77. The van der Waals surface area contributed by atoms with Crippen molar-refractivity contribution in [2.75, 3.05) is 19.4 Å². The SMILES string of the molecule is C#CN(C(=O)C(CS)NC(=O)OC(C)(C)C)C(C(=O)NCC(=O)OC)c1ccc(C)cc1C. The highest BCUT2D eigenvalue weighted by molar-refractivity contribution is 7.80. The zero-order chi connectivity index (χ0) is 25.3. The number of amides is 3. The topological polar surface area (TPSA) is 114 Å². The van der Waals surface area contributed by atoms with E-state index in [-0.39, 0.29) is 5.75 Å². The molecule has 2 unspecified atom stereocenters. The molecule has 0 aliphatic heterocycles. The quantitative estimate of drug-likeness (QED) is 0.228. The van der Waals surface area contributed by atoms with Crippen LogP contribution in [0.2, 0.25) is 0 Å². The fourth-order valence-corrected chi connectivity index (χ4v) is 3.17. The Bertz CT molecular complexity index is 935. The monoisotopic (exact) mass is 477 g/mol. The number of benzene rings is 1. The van der Waals surface area contributed by atoms with E-state index in [0.29, 0.717) is 11.1 Å². The fraction of sp³-hybridized carbons (Fsp3) is 0.478. The van der Waals surface area contributed by atoms with Gasteiger partial charge in [0.2, 0.25) is 5.91 Å². The van der Waals surface area contributed by atoms with Gasteiger partial charge >= 0.3 is 12.1 Å². The number of hydrogen-bond acceptors (Lipinski definition) is 7. The van der Waals surface area contributed by atoms with Gasteiger partial charge in [0.25, 0.3) is 5.91 Å². The molecular formula is C23H31N3O6S. The van der Waals surface area contributed by atoms with Crippen molar-refractivity contribution < 1.29 is 28.7 Å². The van der Waals surface area contributed by atoms with Crippen LogP contribution in [0.1, 0.15) is 43.5 Å². The number of carbonyl (C=O) groups is 4. The van der Waals surface area contributed by atoms with Crippen molar-refractivity contribution >= 4 is 36.5 Å². The molecule has 10 heteroatoms. The third-order valence-electron chi connectivity index (χ3n) is 4.41. The number of thiol groups is 1. The Kier molecular flexibility index (Phi) is 10.3. The van der Waals surface area contributed by atoms with Gasteiger partial charge in [-0.2, -0.15) is 12.6 Å². The van der Waals surface area contributed by atoms with E-state index in [1.54, 1.807) is 39.8 Å². The lowest BCUT2D eigenvalue weighted by atomic mass is 9.97. The van der Waals surface area contributed by atoms with Gasteiger partial charge in [0.15, 0.2) is 0 Å². The van der Waals surface area contributed by atoms with Crippen LogP contribution >= 0.6 is 12.6 Å². The number of rotatable bonds is 8. The van der Waals surface area contributed by atoms with Crippen LogP contribution in [-0.2, 0) is 23.9 Å². The van der Waals surface area contributed by atoms with E-state index < -0.39 is 48.1 Å². The van der Waals surface area contributed by atoms with Crippen LogP contribution in [0.4, 0.5) is 4.79 Å². The molecule has 9 nitrogen and oxygen atoms in total. The second kappa shape index (κ2) is 12.2. The second-order valence-corrected chi connectivity index (χ2v) is 8.64. The molecule has 1 aromatic rings. The van der Waals surface area contributed by atoms with Crippen LogP contribution in [0.15, 0.2) is 18.2 Å². The number of nitrogens with zero attached hydrogens (tertiary/aromatic N) is 1. The molecule has 0 saturated carbocycles. The lowest BCUT2D eigenvalue weighted by Gasteiger charge is -2.30. The molecule has 0 spiro atoms. The van der Waals surface area contributed by atoms with Crippen molar-refractivity contribution in [2.45, 2.75) is 52.3 Å². The van der Waals surface area contributed by atoms with Crippen LogP contribution in [0, 0.1) is 26.3 Å². The van der Waals surface area contributed by atoms with Crippen molar-refractivity contribution in [3.63, 3.8) is 0 Å². The Labute approximate surface area is 200 Å². The number of aryl methyl sites for hydroxylation is 2. The van der Waals surface area contributed by atoms with Gasteiger partial charge in [0, 0.05) is 11.8 Å². The minimum Gasteiger partial charge on any atom is -0.468 e. The molecule has 0 heterocycles. The molecule has 1 aromatic carbocycles.